The largest absolute Gasteiger partial charge is 1.00 e. The van der Waals surface area contributed by atoms with Crippen LogP contribution in [0.1, 0.15) is 41.0 Å². The van der Waals surface area contributed by atoms with E-state index in [1.54, 1.807) is 6.92 Å². The number of hydrogen-bond acceptors (Lipinski definition) is 4. The highest BCUT2D eigenvalue weighted by Crippen LogP contribution is 2.28. The van der Waals surface area contributed by atoms with E-state index in [0.717, 1.165) is 5.92 Å². The van der Waals surface area contributed by atoms with Crippen LogP contribution in [0.5, 0.6) is 0 Å². The highest BCUT2D eigenvalue weighted by Gasteiger charge is 2.19. The molecular formula is C12H23O6P. The maximum atomic E-state index is 11.1. The monoisotopic (exact) mass is 294 g/mol. The third-order valence-electron chi connectivity index (χ3n) is 2.93. The van der Waals surface area contributed by atoms with E-state index in [9.17, 15) is 4.79 Å². The van der Waals surface area contributed by atoms with Crippen LogP contribution in [-0.4, -0.2) is 22.4 Å². The van der Waals surface area contributed by atoms with Gasteiger partial charge >= 0.3 is 7.40 Å². The minimum atomic E-state index is -4.89. The maximum absolute atomic E-state index is 11.1. The van der Waals surface area contributed by atoms with Gasteiger partial charge in [0.25, 0.3) is 7.82 Å². The molecule has 0 spiro atoms. The van der Waals surface area contributed by atoms with Crippen molar-refractivity contribution in [1.29, 1.82) is 0 Å². The van der Waals surface area contributed by atoms with E-state index in [0.29, 0.717) is 18.1 Å². The van der Waals surface area contributed by atoms with Crippen molar-refractivity contribution >= 4 is 13.8 Å². The van der Waals surface area contributed by atoms with Gasteiger partial charge in [0.15, 0.2) is 0 Å². The first kappa shape index (κ1) is 18.3. The van der Waals surface area contributed by atoms with Crippen molar-refractivity contribution in [1.82, 2.24) is 0 Å². The van der Waals surface area contributed by atoms with Crippen molar-refractivity contribution in [3.05, 3.63) is 12.2 Å². The van der Waals surface area contributed by atoms with Gasteiger partial charge in [0, 0.05) is 5.57 Å². The molecule has 1 fully saturated rings. The lowest BCUT2D eigenvalue weighted by atomic mass is 9.83. The third-order valence-corrected chi connectivity index (χ3v) is 2.93. The third kappa shape index (κ3) is 12.1. The minimum Gasteiger partial charge on any atom is -0.756 e. The van der Waals surface area contributed by atoms with E-state index in [1.807, 2.05) is 0 Å². The average Bonchev–Trinajstić information content (AvgIpc) is 2.25. The predicted octanol–water partition coefficient (Wildman–Crippen LogP) is 1.48. The standard InChI is InChI=1S/C12H20O2.H3O4P/c1-9(2)12(13)14-8-11-6-4-10(3)5-7-11;1-5(2,3)4/h10-11H,1,4-8H2,2-3H3;(H3,1,2,3,4). The Labute approximate surface area is 115 Å². The fourth-order valence-electron chi connectivity index (χ4n) is 1.81. The van der Waals surface area contributed by atoms with Crippen LogP contribution in [0.4, 0.5) is 0 Å². The summed E-state index contributed by atoms with van der Waals surface area (Å²) >= 11 is 0. The van der Waals surface area contributed by atoms with Gasteiger partial charge in [0.05, 0.1) is 6.61 Å². The van der Waals surface area contributed by atoms with Gasteiger partial charge in [-0.25, -0.2) is 4.79 Å². The summed E-state index contributed by atoms with van der Waals surface area (Å²) in [5, 5.41) is 0. The number of hydrogen-bond donors (Lipinski definition) is 2. The number of carbonyl (C=O) groups excluding carboxylic acids is 1. The lowest BCUT2D eigenvalue weighted by molar-refractivity contribution is -0.214. The Kier molecular flexibility index (Phi) is 8.18. The topological polar surface area (TPSA) is 107 Å². The smallest absolute Gasteiger partial charge is 0.756 e. The Morgan fingerprint density at radius 3 is 2.21 bits per heavy atom. The van der Waals surface area contributed by atoms with E-state index in [1.165, 1.54) is 25.7 Å². The Hall–Kier alpha value is -0.680. The summed E-state index contributed by atoms with van der Waals surface area (Å²) in [4.78, 5) is 34.1. The van der Waals surface area contributed by atoms with Crippen LogP contribution in [0, 0.1) is 11.8 Å². The molecule has 1 aliphatic carbocycles. The molecule has 1 aliphatic rings. The Balaban J connectivity index is 0. The Morgan fingerprint density at radius 2 is 1.84 bits per heavy atom. The first-order chi connectivity index (χ1) is 8.59. The molecule has 2 N–H and O–H groups in total. The molecule has 0 aromatic rings. The molecule has 0 atom stereocenters. The molecule has 0 aromatic heterocycles. The van der Waals surface area contributed by atoms with Gasteiger partial charge in [-0.3, -0.25) is 4.57 Å². The summed E-state index contributed by atoms with van der Waals surface area (Å²) in [6.45, 7) is 8.11. The number of phosphoric acid groups is 1. The molecule has 0 aliphatic heterocycles. The molecule has 0 aromatic carbocycles. The lowest BCUT2D eigenvalue weighted by Crippen LogP contribution is -2.19. The number of esters is 1. The van der Waals surface area contributed by atoms with E-state index in [2.05, 4.69) is 13.5 Å². The van der Waals surface area contributed by atoms with Crippen molar-refractivity contribution in [2.75, 3.05) is 6.61 Å². The summed E-state index contributed by atoms with van der Waals surface area (Å²) < 4.78 is 13.9. The number of ether oxygens (including phenoxy) is 1. The first-order valence-corrected chi connectivity index (χ1v) is 7.71. The second-order valence-corrected chi connectivity index (χ2v) is 5.98. The minimum absolute atomic E-state index is 0. The van der Waals surface area contributed by atoms with E-state index in [-0.39, 0.29) is 7.40 Å². The van der Waals surface area contributed by atoms with E-state index < -0.39 is 7.82 Å². The van der Waals surface area contributed by atoms with Gasteiger partial charge < -0.3 is 19.4 Å². The zero-order valence-corrected chi connectivity index (χ0v) is 12.3. The van der Waals surface area contributed by atoms with Crippen LogP contribution < -0.4 is 4.89 Å². The van der Waals surface area contributed by atoms with Crippen LogP contribution >= 0.6 is 7.82 Å². The molecule has 0 amide bonds. The van der Waals surface area contributed by atoms with Crippen LogP contribution in [0.3, 0.4) is 0 Å². The quantitative estimate of drug-likeness (QED) is 0.464. The highest BCUT2D eigenvalue weighted by atomic mass is 31.2. The van der Waals surface area contributed by atoms with Crippen molar-refractivity contribution in [2.45, 2.75) is 39.5 Å². The van der Waals surface area contributed by atoms with Crippen LogP contribution in [-0.2, 0) is 14.1 Å². The van der Waals surface area contributed by atoms with Crippen molar-refractivity contribution in [3.63, 3.8) is 0 Å². The zero-order chi connectivity index (χ0) is 15.1. The molecule has 0 unspecified atom stereocenters. The van der Waals surface area contributed by atoms with Gasteiger partial charge in [-0.15, -0.1) is 0 Å². The average molecular weight is 294 g/mol. The molecule has 19 heavy (non-hydrogen) atoms. The summed E-state index contributed by atoms with van der Waals surface area (Å²) in [6.07, 6.45) is 4.94. The molecule has 1 rings (SSSR count). The number of carbonyl (C=O) groups is 1. The second kappa shape index (κ2) is 8.48. The molecule has 6 nitrogen and oxygen atoms in total. The van der Waals surface area contributed by atoms with Crippen molar-refractivity contribution < 1.29 is 30.2 Å². The highest BCUT2D eigenvalue weighted by molar-refractivity contribution is 7.43. The molecule has 0 heterocycles. The number of rotatable bonds is 3. The van der Waals surface area contributed by atoms with Crippen LogP contribution in [0.15, 0.2) is 12.2 Å². The normalized spacial score (nSPS) is 23.0. The molecular weight excluding hydrogens is 271 g/mol. The molecule has 7 heteroatoms. The van der Waals surface area contributed by atoms with Gasteiger partial charge in [0.2, 0.25) is 0 Å². The molecule has 1 saturated carbocycles. The summed E-state index contributed by atoms with van der Waals surface area (Å²) in [7, 11) is -4.89. The second-order valence-electron chi connectivity index (χ2n) is 5.00. The van der Waals surface area contributed by atoms with Crippen molar-refractivity contribution in [3.8, 4) is 0 Å². The van der Waals surface area contributed by atoms with Gasteiger partial charge in [-0.05, 0) is 31.6 Å². The Morgan fingerprint density at radius 1 is 1.42 bits per heavy atom. The summed E-state index contributed by atoms with van der Waals surface area (Å²) in [5.41, 5.74) is 0.495. The van der Waals surface area contributed by atoms with Gasteiger partial charge in [-0.2, -0.15) is 0 Å². The predicted molar refractivity (Wildman–Crippen MR) is 70.1 cm³/mol. The van der Waals surface area contributed by atoms with Gasteiger partial charge in [0.1, 0.15) is 0 Å². The van der Waals surface area contributed by atoms with E-state index in [4.69, 9.17) is 24.0 Å². The lowest BCUT2D eigenvalue weighted by Gasteiger charge is -2.25. The zero-order valence-electron chi connectivity index (χ0n) is 12.4. The first-order valence-electron chi connectivity index (χ1n) is 6.18. The summed E-state index contributed by atoms with van der Waals surface area (Å²) in [6, 6.07) is 0. The Bertz CT molecular complexity index is 338. The molecule has 0 bridgehead atoms. The summed E-state index contributed by atoms with van der Waals surface area (Å²) in [5.74, 6) is 1.18. The fourth-order valence-corrected chi connectivity index (χ4v) is 1.81. The maximum Gasteiger partial charge on any atom is 1.00 e. The van der Waals surface area contributed by atoms with Crippen molar-refractivity contribution in [2.24, 2.45) is 11.8 Å². The van der Waals surface area contributed by atoms with Crippen LogP contribution in [0.25, 0.3) is 0 Å². The van der Waals surface area contributed by atoms with Crippen LogP contribution in [0.2, 0.25) is 0 Å². The molecule has 0 saturated heterocycles. The van der Waals surface area contributed by atoms with E-state index >= 15 is 0 Å². The molecule has 0 radical (unpaired) electrons. The SMILES string of the molecule is C=C(C)C(=O)OCC1CCC(C)CC1.O=P([O-])(O)O.[H+]. The molecule has 112 valence electrons. The fraction of sp³-hybridized carbons (Fsp3) is 0.750. The van der Waals surface area contributed by atoms with Gasteiger partial charge in [-0.1, -0.05) is 26.3 Å².